The van der Waals surface area contributed by atoms with Gasteiger partial charge in [-0.15, -0.1) is 0 Å². The van der Waals surface area contributed by atoms with E-state index in [9.17, 15) is 48.3 Å². The minimum Gasteiger partial charge on any atom is -0.323 e. The first-order valence-electron chi connectivity index (χ1n) is 39.3. The van der Waals surface area contributed by atoms with Gasteiger partial charge in [0.05, 0.1) is 37.6 Å². The highest BCUT2D eigenvalue weighted by molar-refractivity contribution is 6.33. The zero-order valence-corrected chi connectivity index (χ0v) is 65.6. The molecule has 16 aromatic rings. The van der Waals surface area contributed by atoms with E-state index in [1.807, 2.05) is 42.5 Å². The predicted molar refractivity (Wildman–Crippen MR) is 443 cm³/mol. The van der Waals surface area contributed by atoms with Crippen molar-refractivity contribution in [3.63, 3.8) is 0 Å². The van der Waals surface area contributed by atoms with Crippen molar-refractivity contribution in [1.29, 1.82) is 0 Å². The van der Waals surface area contributed by atoms with Gasteiger partial charge in [0.1, 0.15) is 57.6 Å². The van der Waals surface area contributed by atoms with Crippen LogP contribution in [0.2, 0.25) is 10.0 Å². The molecule has 4 aliphatic carbocycles. The standard InChI is InChI=1S/C22H18ClF2N5.C22H19ClFN5.2C22H17F4N5/c23-16-8-5-4-6-13(16)20-26-18-9-3-1-2-7-14(18)21(27-20)28-22-15-10-12(24)11-17(25)19(15)29-30-22;23-17-8-5-4-6-14(17)20-25-18-9-3-1-2-7-15(18)21(26-20)27-22-16-12-13(24)10-11-19(16)28-29-22;23-16-10-5-8-14-18(16)30-31-21(14)29-20-13-7-2-4-11-17(13)27-19(28-20)12-6-1-3-9-15(12)22(24,25)26;23-12-9-10-18-15(11-12)21(31-30-18)29-20-14-6-2-4-8-17(14)27-19(28-20)13-5-1-3-7-16(13)22(24,25)26/h4-6,8,10-11H,1-3,7,9H2,(H2,26,27,28,29,30);4-6,8,10-12H,1-3,7,9H2,(H2,25,26,27,28,29);1,3,5-6,8-10H,2,4,7,11H2,(H2,27,28,29,30,31);1,3,5,7,9-11H,2,4,6,8H2,(H2,27,28,29,30,31). The molecule has 0 aliphatic heterocycles. The van der Waals surface area contributed by atoms with Crippen molar-refractivity contribution in [1.82, 2.24) is 80.7 Å². The van der Waals surface area contributed by atoms with Gasteiger partial charge in [-0.25, -0.2) is 61.8 Å². The molecule has 0 unspecified atom stereocenters. The first-order valence-corrected chi connectivity index (χ1v) is 40.1. The smallest absolute Gasteiger partial charge is 0.323 e. The third-order valence-electron chi connectivity index (χ3n) is 21.5. The van der Waals surface area contributed by atoms with Crippen LogP contribution in [0.3, 0.4) is 0 Å². The molecule has 33 heteroatoms. The molecule has 20 nitrogen and oxygen atoms in total. The molecule has 0 spiro atoms. The molecule has 0 fully saturated rings. The summed E-state index contributed by atoms with van der Waals surface area (Å²) in [6.45, 7) is 0. The van der Waals surface area contributed by atoms with E-state index in [4.69, 9.17) is 43.1 Å². The lowest BCUT2D eigenvalue weighted by atomic mass is 9.95. The van der Waals surface area contributed by atoms with E-state index in [-0.39, 0.29) is 39.6 Å². The van der Waals surface area contributed by atoms with Gasteiger partial charge in [-0.05, 0) is 194 Å². The number of benzene rings is 8. The van der Waals surface area contributed by atoms with Gasteiger partial charge < -0.3 is 21.3 Å². The zero-order chi connectivity index (χ0) is 83.6. The number of fused-ring (bicyclic) bond motifs is 8. The first kappa shape index (κ1) is 80.4. The van der Waals surface area contributed by atoms with E-state index >= 15 is 0 Å². The molecule has 0 saturated heterocycles. The number of rotatable bonds is 12. The Morgan fingerprint density at radius 3 is 1.02 bits per heavy atom. The molecule has 8 N–H and O–H groups in total. The summed E-state index contributed by atoms with van der Waals surface area (Å²) in [6.07, 6.45) is 7.34. The number of aryl methyl sites for hydroxylation is 4. The van der Waals surface area contributed by atoms with Crippen LogP contribution in [0.5, 0.6) is 0 Å². The van der Waals surface area contributed by atoms with Crippen LogP contribution in [-0.4, -0.2) is 80.7 Å². The highest BCUT2D eigenvalue weighted by atomic mass is 35.5. The van der Waals surface area contributed by atoms with E-state index in [1.165, 1.54) is 72.8 Å². The lowest BCUT2D eigenvalue weighted by molar-refractivity contribution is -0.137. The van der Waals surface area contributed by atoms with Crippen LogP contribution in [0.4, 0.5) is 94.8 Å². The second-order valence-electron chi connectivity index (χ2n) is 29.5. The third kappa shape index (κ3) is 17.3. The van der Waals surface area contributed by atoms with E-state index in [1.54, 1.807) is 30.3 Å². The number of aromatic nitrogens is 16. The number of H-pyrrole nitrogens is 4. The number of para-hydroxylation sites is 1. The Morgan fingerprint density at radius 2 is 0.612 bits per heavy atom. The predicted octanol–water partition coefficient (Wildman–Crippen LogP) is 23.4. The van der Waals surface area contributed by atoms with E-state index in [0.29, 0.717) is 121 Å². The summed E-state index contributed by atoms with van der Waals surface area (Å²) in [5.74, 6) is 2.27. The number of aromatic amines is 4. The Balaban J connectivity index is 0.000000115. The molecule has 0 amide bonds. The average Bonchev–Trinajstić information content (AvgIpc) is 1.75. The number of hydrogen-bond donors (Lipinski definition) is 8. The molecule has 0 atom stereocenters. The summed E-state index contributed by atoms with van der Waals surface area (Å²) in [7, 11) is 0. The Hall–Kier alpha value is -13.0. The molecule has 0 saturated carbocycles. The molecule has 8 aromatic carbocycles. The highest BCUT2D eigenvalue weighted by Crippen LogP contribution is 2.43. The molecule has 121 heavy (non-hydrogen) atoms. The minimum absolute atomic E-state index is 0.00194. The molecule has 0 bridgehead atoms. The molecule has 0 radical (unpaired) electrons. The van der Waals surface area contributed by atoms with Gasteiger partial charge in [0.25, 0.3) is 0 Å². The summed E-state index contributed by atoms with van der Waals surface area (Å²) >= 11 is 12.8. The first-order chi connectivity index (χ1) is 58.6. The molecular formula is C88H71Cl2F11N20. The van der Waals surface area contributed by atoms with Crippen LogP contribution in [0.25, 0.3) is 89.2 Å². The molecule has 20 rings (SSSR count). The normalized spacial score (nSPS) is 13.9. The quantitative estimate of drug-likeness (QED) is 0.0417. The summed E-state index contributed by atoms with van der Waals surface area (Å²) in [5, 5.41) is 43.9. The Kier molecular flexibility index (Phi) is 22.8. The second-order valence-corrected chi connectivity index (χ2v) is 30.3. The van der Waals surface area contributed by atoms with Crippen LogP contribution >= 0.6 is 23.2 Å². The summed E-state index contributed by atoms with van der Waals surface area (Å²) < 4.78 is 151. The number of nitrogens with zero attached hydrogens (tertiary/aromatic N) is 12. The van der Waals surface area contributed by atoms with Crippen molar-refractivity contribution in [3.8, 4) is 45.6 Å². The van der Waals surface area contributed by atoms with Crippen molar-refractivity contribution in [2.75, 3.05) is 21.3 Å². The largest absolute Gasteiger partial charge is 0.417 e. The third-order valence-corrected chi connectivity index (χ3v) is 22.2. The number of anilines is 8. The van der Waals surface area contributed by atoms with Crippen LogP contribution in [0.15, 0.2) is 164 Å². The molecule has 4 aliphatic rings. The Bertz CT molecular complexity index is 6460. The average molecular weight is 1690 g/mol. The molecular weight excluding hydrogens is 1620 g/mol. The van der Waals surface area contributed by atoms with E-state index < -0.39 is 46.7 Å². The van der Waals surface area contributed by atoms with Crippen LogP contribution in [0, 0.1) is 29.1 Å². The number of halogens is 13. The monoisotopic (exact) mass is 1690 g/mol. The summed E-state index contributed by atoms with van der Waals surface area (Å²) in [6, 6.07) is 41.0. The van der Waals surface area contributed by atoms with E-state index in [0.717, 1.165) is 170 Å². The maximum Gasteiger partial charge on any atom is 0.417 e. The van der Waals surface area contributed by atoms with Gasteiger partial charge in [-0.2, -0.15) is 46.7 Å². The maximum absolute atomic E-state index is 14.1. The van der Waals surface area contributed by atoms with Gasteiger partial charge in [-0.3, -0.25) is 20.4 Å². The minimum atomic E-state index is -4.53. The van der Waals surface area contributed by atoms with Gasteiger partial charge in [0, 0.05) is 89.5 Å². The van der Waals surface area contributed by atoms with Crippen LogP contribution < -0.4 is 21.3 Å². The molecule has 8 heterocycles. The van der Waals surface area contributed by atoms with Crippen molar-refractivity contribution in [2.45, 2.75) is 128 Å². The fraction of sp³-hybridized carbons (Fsp3) is 0.227. The highest BCUT2D eigenvalue weighted by Gasteiger charge is 2.37. The van der Waals surface area contributed by atoms with Crippen molar-refractivity contribution in [3.05, 3.63) is 259 Å². The van der Waals surface area contributed by atoms with Gasteiger partial charge in [0.15, 0.2) is 52.4 Å². The number of alkyl halides is 6. The lowest BCUT2D eigenvalue weighted by Gasteiger charge is -2.20. The molecule has 8 aromatic heterocycles. The topological polar surface area (TPSA) is 266 Å². The van der Waals surface area contributed by atoms with Gasteiger partial charge in [0.2, 0.25) is 0 Å². The lowest BCUT2D eigenvalue weighted by Crippen LogP contribution is -2.14. The summed E-state index contributed by atoms with van der Waals surface area (Å²) in [5.41, 5.74) is 8.86. The Labute approximate surface area is 692 Å². The van der Waals surface area contributed by atoms with Crippen molar-refractivity contribution >= 4 is 113 Å². The fourth-order valence-electron chi connectivity index (χ4n) is 15.6. The fourth-order valence-corrected chi connectivity index (χ4v) is 16.1. The Morgan fingerprint density at radius 1 is 0.281 bits per heavy atom. The maximum atomic E-state index is 14.1. The van der Waals surface area contributed by atoms with Gasteiger partial charge in [-0.1, -0.05) is 103 Å². The van der Waals surface area contributed by atoms with Crippen LogP contribution in [0.1, 0.15) is 120 Å². The number of hydrogen-bond acceptors (Lipinski definition) is 16. The second kappa shape index (κ2) is 34.4. The van der Waals surface area contributed by atoms with Crippen molar-refractivity contribution < 1.29 is 48.3 Å². The van der Waals surface area contributed by atoms with Gasteiger partial charge >= 0.3 is 12.4 Å². The van der Waals surface area contributed by atoms with E-state index in [2.05, 4.69) is 82.0 Å². The number of nitrogens with one attached hydrogen (secondary N) is 8. The summed E-state index contributed by atoms with van der Waals surface area (Å²) in [4.78, 5) is 37.1. The van der Waals surface area contributed by atoms with Crippen LogP contribution in [-0.2, 0) is 63.7 Å². The van der Waals surface area contributed by atoms with Crippen molar-refractivity contribution in [2.24, 2.45) is 0 Å². The molecule has 614 valence electrons. The SMILES string of the molecule is Fc1cc(F)c2[nH]nc(Nc3nc(-c4ccccc4Cl)nc4c3CCCCC4)c2c1.Fc1ccc2[nH]nc(Nc3nc(-c4ccccc4C(F)(F)F)nc4c3CCCC4)c2c1.Fc1ccc2[nH]nc(Nc3nc(-c4ccccc4Cl)nc4c3CCCCC4)c2c1.Fc1cccc2c(Nc3nc(-c4ccccc4C(F)(F)F)nc4c3CCCC4)n[nH]c12. The zero-order valence-electron chi connectivity index (χ0n) is 64.1.